The number of H-pyrrole nitrogens is 1. The van der Waals surface area contributed by atoms with E-state index in [9.17, 15) is 9.59 Å². The van der Waals surface area contributed by atoms with Gasteiger partial charge in [-0.15, -0.1) is 0 Å². The molecule has 30 heavy (non-hydrogen) atoms. The Kier molecular flexibility index (Phi) is 5.80. The third-order valence-corrected chi connectivity index (χ3v) is 5.71. The van der Waals surface area contributed by atoms with E-state index >= 15 is 0 Å². The van der Waals surface area contributed by atoms with Crippen LogP contribution in [0.1, 0.15) is 6.92 Å². The number of aromatic amines is 1. The number of hydrogen-bond donors (Lipinski definition) is 2. The Labute approximate surface area is 185 Å². The molecule has 0 spiro atoms. The molecule has 4 rings (SSSR count). The van der Waals surface area contributed by atoms with Crippen molar-refractivity contribution in [1.29, 1.82) is 0 Å². The fourth-order valence-corrected chi connectivity index (χ4v) is 3.85. The van der Waals surface area contributed by atoms with E-state index in [0.717, 1.165) is 11.8 Å². The van der Waals surface area contributed by atoms with E-state index in [0.29, 0.717) is 37.6 Å². The van der Waals surface area contributed by atoms with Crippen LogP contribution in [-0.4, -0.2) is 30.9 Å². The van der Waals surface area contributed by atoms with Gasteiger partial charge in [-0.05, 0) is 49.4 Å². The molecule has 2 heterocycles. The van der Waals surface area contributed by atoms with Crippen molar-refractivity contribution in [3.63, 3.8) is 0 Å². The maximum atomic E-state index is 12.5. The van der Waals surface area contributed by atoms with Gasteiger partial charge in [0.15, 0.2) is 10.8 Å². The van der Waals surface area contributed by atoms with Crippen molar-refractivity contribution in [3.8, 4) is 5.69 Å². The third kappa shape index (κ3) is 4.35. The lowest BCUT2D eigenvalue weighted by Gasteiger charge is -2.11. The van der Waals surface area contributed by atoms with Gasteiger partial charge in [-0.1, -0.05) is 41.0 Å². The summed E-state index contributed by atoms with van der Waals surface area (Å²) < 4.78 is 1.54. The van der Waals surface area contributed by atoms with E-state index in [-0.39, 0.29) is 11.5 Å². The van der Waals surface area contributed by atoms with Crippen molar-refractivity contribution >= 4 is 57.6 Å². The minimum Gasteiger partial charge on any atom is -0.325 e. The van der Waals surface area contributed by atoms with E-state index in [1.165, 1.54) is 6.20 Å². The zero-order valence-electron chi connectivity index (χ0n) is 15.6. The summed E-state index contributed by atoms with van der Waals surface area (Å²) in [4.78, 5) is 32.2. The molecule has 0 aliphatic rings. The Bertz CT molecular complexity index is 1290. The van der Waals surface area contributed by atoms with Gasteiger partial charge >= 0.3 is 0 Å². The first-order valence-corrected chi connectivity index (χ1v) is 10.5. The molecule has 1 unspecified atom stereocenters. The lowest BCUT2D eigenvalue weighted by molar-refractivity contribution is -0.115. The van der Waals surface area contributed by atoms with E-state index in [4.69, 9.17) is 23.2 Å². The molecule has 0 saturated carbocycles. The Hall–Kier alpha value is -2.81. The van der Waals surface area contributed by atoms with Gasteiger partial charge in [0.2, 0.25) is 5.91 Å². The molecular weight excluding hydrogens is 445 g/mol. The number of carbonyl (C=O) groups excluding carboxylic acids is 1. The number of hydrogen-bond acceptors (Lipinski definition) is 5. The summed E-state index contributed by atoms with van der Waals surface area (Å²) in [5.74, 6) is -0.228. The fraction of sp³-hybridized carbons (Fsp3) is 0.100. The number of anilines is 1. The molecule has 2 aromatic carbocycles. The monoisotopic (exact) mass is 459 g/mol. The van der Waals surface area contributed by atoms with Gasteiger partial charge in [0, 0.05) is 15.7 Å². The second-order valence-electron chi connectivity index (χ2n) is 6.40. The van der Waals surface area contributed by atoms with E-state index in [1.54, 1.807) is 54.1 Å². The Morgan fingerprint density at radius 3 is 2.67 bits per heavy atom. The van der Waals surface area contributed by atoms with Crippen LogP contribution in [0.15, 0.2) is 64.7 Å². The Morgan fingerprint density at radius 2 is 1.93 bits per heavy atom. The average molecular weight is 460 g/mol. The van der Waals surface area contributed by atoms with Crippen molar-refractivity contribution in [3.05, 3.63) is 75.1 Å². The standard InChI is InChI=1S/C20H15Cl2N5O2S/c1-11(18(28)24-14-7-5-12(21)6-8-14)30-20-25-17-16(19(29)26-20)10-23-27(17)15-4-2-3-13(22)9-15/h2-11H,1H3,(H,24,28)(H,25,26,29). The first kappa shape index (κ1) is 20.5. The van der Waals surface area contributed by atoms with Gasteiger partial charge in [-0.2, -0.15) is 5.10 Å². The quantitative estimate of drug-likeness (QED) is 0.337. The lowest BCUT2D eigenvalue weighted by Crippen LogP contribution is -2.23. The number of benzene rings is 2. The number of carbonyl (C=O) groups is 1. The van der Waals surface area contributed by atoms with E-state index in [1.807, 2.05) is 6.07 Å². The SMILES string of the molecule is CC(Sc1nc2c(cnn2-c2cccc(Cl)c2)c(=O)[nH]1)C(=O)Nc1ccc(Cl)cc1. The molecule has 4 aromatic rings. The molecule has 1 atom stereocenters. The molecular formula is C20H15Cl2N5O2S. The summed E-state index contributed by atoms with van der Waals surface area (Å²) in [5.41, 5.74) is 1.36. The fourth-order valence-electron chi connectivity index (χ4n) is 2.75. The molecule has 0 aliphatic heterocycles. The number of amides is 1. The number of nitrogens with zero attached hydrogens (tertiary/aromatic N) is 3. The first-order valence-electron chi connectivity index (χ1n) is 8.88. The zero-order valence-corrected chi connectivity index (χ0v) is 17.9. The number of aromatic nitrogens is 4. The number of fused-ring (bicyclic) bond motifs is 1. The summed E-state index contributed by atoms with van der Waals surface area (Å²) in [6.45, 7) is 1.73. The minimum absolute atomic E-state index is 0.228. The van der Waals surface area contributed by atoms with Crippen molar-refractivity contribution in [2.75, 3.05) is 5.32 Å². The number of rotatable bonds is 5. The van der Waals surface area contributed by atoms with Crippen LogP contribution >= 0.6 is 35.0 Å². The summed E-state index contributed by atoms with van der Waals surface area (Å²) in [6.07, 6.45) is 1.45. The number of thioether (sulfide) groups is 1. The molecule has 2 aromatic heterocycles. The average Bonchev–Trinajstić information content (AvgIpc) is 3.14. The first-order chi connectivity index (χ1) is 14.4. The van der Waals surface area contributed by atoms with Crippen LogP contribution < -0.4 is 10.9 Å². The van der Waals surface area contributed by atoms with Crippen LogP contribution in [-0.2, 0) is 4.79 Å². The van der Waals surface area contributed by atoms with E-state index < -0.39 is 5.25 Å². The highest BCUT2D eigenvalue weighted by atomic mass is 35.5. The topological polar surface area (TPSA) is 92.7 Å². The highest BCUT2D eigenvalue weighted by Gasteiger charge is 2.18. The predicted octanol–water partition coefficient (Wildman–Crippen LogP) is 4.53. The van der Waals surface area contributed by atoms with E-state index in [2.05, 4.69) is 20.4 Å². The molecule has 0 bridgehead atoms. The maximum Gasteiger partial charge on any atom is 0.262 e. The van der Waals surface area contributed by atoms with Crippen LogP contribution in [0.3, 0.4) is 0 Å². The van der Waals surface area contributed by atoms with Crippen LogP contribution in [0.25, 0.3) is 16.7 Å². The van der Waals surface area contributed by atoms with Crippen LogP contribution in [0.4, 0.5) is 5.69 Å². The van der Waals surface area contributed by atoms with Crippen LogP contribution in [0.5, 0.6) is 0 Å². The number of nitrogens with one attached hydrogen (secondary N) is 2. The lowest BCUT2D eigenvalue weighted by atomic mass is 10.3. The van der Waals surface area contributed by atoms with Gasteiger partial charge in [0.05, 0.1) is 17.1 Å². The molecule has 1 amide bonds. The minimum atomic E-state index is -0.510. The van der Waals surface area contributed by atoms with Gasteiger partial charge in [-0.3, -0.25) is 9.59 Å². The van der Waals surface area contributed by atoms with Crippen molar-refractivity contribution in [1.82, 2.24) is 19.7 Å². The second kappa shape index (κ2) is 8.51. The van der Waals surface area contributed by atoms with Crippen molar-refractivity contribution in [2.45, 2.75) is 17.3 Å². The van der Waals surface area contributed by atoms with Crippen LogP contribution in [0.2, 0.25) is 10.0 Å². The highest BCUT2D eigenvalue weighted by molar-refractivity contribution is 8.00. The van der Waals surface area contributed by atoms with Crippen LogP contribution in [0, 0.1) is 0 Å². The normalized spacial score (nSPS) is 12.1. The van der Waals surface area contributed by atoms with Gasteiger partial charge in [0.25, 0.3) is 5.56 Å². The van der Waals surface area contributed by atoms with Gasteiger partial charge in [0.1, 0.15) is 5.39 Å². The van der Waals surface area contributed by atoms with Crippen molar-refractivity contribution < 1.29 is 4.79 Å². The largest absolute Gasteiger partial charge is 0.325 e. The van der Waals surface area contributed by atoms with Gasteiger partial charge in [-0.25, -0.2) is 9.67 Å². The molecule has 0 saturated heterocycles. The molecule has 152 valence electrons. The molecule has 0 aliphatic carbocycles. The summed E-state index contributed by atoms with van der Waals surface area (Å²) >= 11 is 13.1. The smallest absolute Gasteiger partial charge is 0.262 e. The van der Waals surface area contributed by atoms with Crippen molar-refractivity contribution in [2.24, 2.45) is 0 Å². The second-order valence-corrected chi connectivity index (χ2v) is 8.60. The Balaban J connectivity index is 1.59. The summed E-state index contributed by atoms with van der Waals surface area (Å²) in [7, 11) is 0. The Morgan fingerprint density at radius 1 is 1.17 bits per heavy atom. The summed E-state index contributed by atoms with van der Waals surface area (Å²) in [6, 6.07) is 13.9. The number of halogens is 2. The molecule has 2 N–H and O–H groups in total. The van der Waals surface area contributed by atoms with Gasteiger partial charge < -0.3 is 10.3 Å². The molecule has 0 fully saturated rings. The highest BCUT2D eigenvalue weighted by Crippen LogP contribution is 2.23. The predicted molar refractivity (Wildman–Crippen MR) is 120 cm³/mol. The molecule has 0 radical (unpaired) electrons. The molecule has 10 heteroatoms. The third-order valence-electron chi connectivity index (χ3n) is 4.24. The molecule has 7 nitrogen and oxygen atoms in total. The zero-order chi connectivity index (χ0) is 21.3. The summed E-state index contributed by atoms with van der Waals surface area (Å²) in [5, 5.41) is 8.35. The maximum absolute atomic E-state index is 12.5.